The van der Waals surface area contributed by atoms with Gasteiger partial charge in [0.15, 0.2) is 5.96 Å². The Morgan fingerprint density at radius 1 is 1.33 bits per heavy atom. The number of guanidine groups is 1. The second-order valence-electron chi connectivity index (χ2n) is 6.31. The molecule has 0 saturated carbocycles. The molecule has 2 heterocycles. The van der Waals surface area contributed by atoms with E-state index in [9.17, 15) is 0 Å². The molecule has 1 atom stereocenters. The third-order valence-electron chi connectivity index (χ3n) is 4.61. The Hall–Kier alpha value is -1.18. The Morgan fingerprint density at radius 3 is 2.67 bits per heavy atom. The van der Waals surface area contributed by atoms with Crippen molar-refractivity contribution in [3.05, 3.63) is 16.1 Å². The molecule has 0 spiro atoms. The van der Waals surface area contributed by atoms with Crippen molar-refractivity contribution in [2.24, 2.45) is 4.99 Å². The summed E-state index contributed by atoms with van der Waals surface area (Å²) < 4.78 is 0. The van der Waals surface area contributed by atoms with Crippen LogP contribution in [0.3, 0.4) is 0 Å². The third-order valence-corrected chi connectivity index (χ3v) is 5.43. The molecular weight excluding hydrogens is 320 g/mol. The lowest BCUT2D eigenvalue weighted by Crippen LogP contribution is -2.53. The summed E-state index contributed by atoms with van der Waals surface area (Å²) in [5.41, 5.74) is 1.16. The number of aromatic nitrogens is 1. The van der Waals surface area contributed by atoms with Gasteiger partial charge in [-0.3, -0.25) is 9.89 Å². The van der Waals surface area contributed by atoms with E-state index in [1.165, 1.54) is 13.1 Å². The van der Waals surface area contributed by atoms with Gasteiger partial charge < -0.3 is 15.5 Å². The van der Waals surface area contributed by atoms with Crippen molar-refractivity contribution in [1.82, 2.24) is 25.4 Å². The fraction of sp³-hybridized carbons (Fsp3) is 0.765. The van der Waals surface area contributed by atoms with E-state index in [1.807, 2.05) is 14.0 Å². The lowest BCUT2D eigenvalue weighted by atomic mass is 10.2. The maximum Gasteiger partial charge on any atom is 0.191 e. The molecule has 0 aromatic carbocycles. The van der Waals surface area contributed by atoms with Crippen molar-refractivity contribution in [2.75, 3.05) is 52.9 Å². The van der Waals surface area contributed by atoms with Gasteiger partial charge in [0, 0.05) is 64.2 Å². The van der Waals surface area contributed by atoms with Crippen molar-refractivity contribution in [1.29, 1.82) is 0 Å². The zero-order chi connectivity index (χ0) is 17.4. The normalized spacial score (nSPS) is 18.6. The van der Waals surface area contributed by atoms with Crippen molar-refractivity contribution in [2.45, 2.75) is 33.2 Å². The van der Waals surface area contributed by atoms with Crippen molar-refractivity contribution in [3.63, 3.8) is 0 Å². The molecule has 1 aromatic rings. The van der Waals surface area contributed by atoms with Gasteiger partial charge in [-0.25, -0.2) is 4.98 Å². The van der Waals surface area contributed by atoms with Gasteiger partial charge in [0.05, 0.1) is 10.7 Å². The van der Waals surface area contributed by atoms with Gasteiger partial charge in [0.2, 0.25) is 0 Å². The van der Waals surface area contributed by atoms with E-state index < -0.39 is 0 Å². The van der Waals surface area contributed by atoms with Crippen molar-refractivity contribution < 1.29 is 0 Å². The highest BCUT2D eigenvalue weighted by atomic mass is 32.1. The Kier molecular flexibility index (Phi) is 7.94. The number of thiazole rings is 1. The van der Waals surface area contributed by atoms with Gasteiger partial charge in [-0.1, -0.05) is 6.92 Å². The number of aliphatic imine (C=N–C) groups is 1. The van der Waals surface area contributed by atoms with Crippen molar-refractivity contribution in [3.8, 4) is 0 Å². The molecule has 2 rings (SSSR count). The number of likely N-dealkylation sites (N-methyl/N-ethyl adjacent to an activating group) is 1. The molecule has 1 saturated heterocycles. The van der Waals surface area contributed by atoms with Gasteiger partial charge in [-0.15, -0.1) is 11.3 Å². The van der Waals surface area contributed by atoms with E-state index in [2.05, 4.69) is 49.6 Å². The average Bonchev–Trinajstić information content (AvgIpc) is 3.03. The maximum absolute atomic E-state index is 4.49. The van der Waals surface area contributed by atoms with Crippen LogP contribution < -0.4 is 10.6 Å². The van der Waals surface area contributed by atoms with Gasteiger partial charge in [-0.2, -0.15) is 0 Å². The van der Waals surface area contributed by atoms with Crippen LogP contribution in [0.2, 0.25) is 0 Å². The minimum Gasteiger partial charge on any atom is -0.356 e. The number of nitrogens with one attached hydrogen (secondary N) is 2. The molecule has 0 radical (unpaired) electrons. The van der Waals surface area contributed by atoms with Gasteiger partial charge in [0.25, 0.3) is 0 Å². The number of rotatable bonds is 7. The Balaban J connectivity index is 1.65. The summed E-state index contributed by atoms with van der Waals surface area (Å²) in [7, 11) is 1.83. The molecular formula is C17H32N6S. The highest BCUT2D eigenvalue weighted by Crippen LogP contribution is 2.08. The van der Waals surface area contributed by atoms with E-state index in [0.717, 1.165) is 55.8 Å². The van der Waals surface area contributed by atoms with E-state index in [0.29, 0.717) is 6.04 Å². The molecule has 1 aliphatic heterocycles. The quantitative estimate of drug-likeness (QED) is 0.570. The molecule has 1 aromatic heterocycles. The molecule has 0 amide bonds. The minimum absolute atomic E-state index is 0.517. The lowest BCUT2D eigenvalue weighted by Gasteiger charge is -2.37. The minimum atomic E-state index is 0.517. The van der Waals surface area contributed by atoms with Crippen LogP contribution in [0.4, 0.5) is 0 Å². The van der Waals surface area contributed by atoms with Gasteiger partial charge in [-0.05, 0) is 20.4 Å². The van der Waals surface area contributed by atoms with E-state index in [-0.39, 0.29) is 0 Å². The van der Waals surface area contributed by atoms with Crippen LogP contribution >= 0.6 is 11.3 Å². The Morgan fingerprint density at radius 2 is 2.08 bits per heavy atom. The monoisotopic (exact) mass is 352 g/mol. The summed E-state index contributed by atoms with van der Waals surface area (Å²) in [5, 5.41) is 10.1. The summed E-state index contributed by atoms with van der Waals surface area (Å²) in [6, 6.07) is 0.517. The highest BCUT2D eigenvalue weighted by Gasteiger charge is 2.20. The largest absolute Gasteiger partial charge is 0.356 e. The fourth-order valence-electron chi connectivity index (χ4n) is 2.95. The molecule has 1 aliphatic rings. The predicted octanol–water partition coefficient (Wildman–Crippen LogP) is 1.19. The topological polar surface area (TPSA) is 55.8 Å². The number of piperazine rings is 1. The third kappa shape index (κ3) is 6.03. The molecule has 7 heteroatoms. The zero-order valence-electron chi connectivity index (χ0n) is 15.5. The van der Waals surface area contributed by atoms with Crippen LogP contribution in [0, 0.1) is 6.92 Å². The van der Waals surface area contributed by atoms with Crippen LogP contribution in [-0.4, -0.2) is 79.6 Å². The number of nitrogens with zero attached hydrogens (tertiary/aromatic N) is 4. The molecule has 1 fully saturated rings. The smallest absolute Gasteiger partial charge is 0.191 e. The van der Waals surface area contributed by atoms with Crippen LogP contribution in [-0.2, 0) is 6.42 Å². The van der Waals surface area contributed by atoms with Crippen molar-refractivity contribution >= 4 is 17.3 Å². The first kappa shape index (κ1) is 19.1. The standard InChI is InChI=1S/C17H32N6S/c1-5-22-8-10-23(11-9-22)14(2)12-20-17(18-4)19-7-6-16-13-24-15(3)21-16/h13-14H,5-12H2,1-4H3,(H2,18,19,20). The zero-order valence-corrected chi connectivity index (χ0v) is 16.3. The summed E-state index contributed by atoms with van der Waals surface area (Å²) >= 11 is 1.71. The van der Waals surface area contributed by atoms with E-state index in [1.54, 1.807) is 11.3 Å². The van der Waals surface area contributed by atoms with Crippen LogP contribution in [0.25, 0.3) is 0 Å². The van der Waals surface area contributed by atoms with Gasteiger partial charge >= 0.3 is 0 Å². The molecule has 1 unspecified atom stereocenters. The first-order valence-corrected chi connectivity index (χ1v) is 9.82. The summed E-state index contributed by atoms with van der Waals surface area (Å²) in [5.74, 6) is 0.876. The van der Waals surface area contributed by atoms with Crippen LogP contribution in [0.1, 0.15) is 24.5 Å². The highest BCUT2D eigenvalue weighted by molar-refractivity contribution is 7.09. The Labute approximate surface area is 150 Å². The fourth-order valence-corrected chi connectivity index (χ4v) is 3.59. The predicted molar refractivity (Wildman–Crippen MR) is 103 cm³/mol. The number of hydrogen-bond acceptors (Lipinski definition) is 5. The van der Waals surface area contributed by atoms with Gasteiger partial charge in [0.1, 0.15) is 0 Å². The Bertz CT molecular complexity index is 507. The summed E-state index contributed by atoms with van der Waals surface area (Å²) in [6.45, 7) is 14.2. The summed E-state index contributed by atoms with van der Waals surface area (Å²) in [4.78, 5) is 13.9. The summed E-state index contributed by atoms with van der Waals surface area (Å²) in [6.07, 6.45) is 0.930. The second kappa shape index (κ2) is 9.96. The molecule has 6 nitrogen and oxygen atoms in total. The molecule has 24 heavy (non-hydrogen) atoms. The molecule has 2 N–H and O–H groups in total. The van der Waals surface area contributed by atoms with E-state index >= 15 is 0 Å². The molecule has 0 aliphatic carbocycles. The number of hydrogen-bond donors (Lipinski definition) is 2. The second-order valence-corrected chi connectivity index (χ2v) is 7.37. The lowest BCUT2D eigenvalue weighted by molar-refractivity contribution is 0.107. The number of aryl methyl sites for hydroxylation is 1. The first-order valence-electron chi connectivity index (χ1n) is 8.94. The van der Waals surface area contributed by atoms with Crippen LogP contribution in [0.5, 0.6) is 0 Å². The maximum atomic E-state index is 4.49. The molecule has 0 bridgehead atoms. The van der Waals surface area contributed by atoms with Crippen LogP contribution in [0.15, 0.2) is 10.4 Å². The first-order chi connectivity index (χ1) is 11.6. The molecule has 136 valence electrons. The average molecular weight is 353 g/mol. The van der Waals surface area contributed by atoms with E-state index in [4.69, 9.17) is 0 Å². The SMILES string of the molecule is CCN1CCN(C(C)CNC(=NC)NCCc2csc(C)n2)CC1.